The van der Waals surface area contributed by atoms with Crippen LogP contribution in [0.15, 0.2) is 0 Å². The average Bonchev–Trinajstić information content (AvgIpc) is 3.35. The fourth-order valence-electron chi connectivity index (χ4n) is 7.78. The molecule has 0 saturated carbocycles. The van der Waals surface area contributed by atoms with Gasteiger partial charge >= 0.3 is 0 Å². The van der Waals surface area contributed by atoms with E-state index >= 15 is 0 Å². The Kier molecular flexibility index (Phi) is 65.2. The van der Waals surface area contributed by atoms with Crippen LogP contribution in [0.25, 0.3) is 0 Å². The molecule has 0 aliphatic rings. The Bertz CT molecular complexity index is 795. The number of hydrogen-bond acceptors (Lipinski definition) is 23. The maximum Gasteiger partial charge on any atom is 0.0855 e. The van der Waals surface area contributed by atoms with Crippen molar-refractivity contribution in [3.05, 3.63) is 0 Å². The van der Waals surface area contributed by atoms with Crippen molar-refractivity contribution in [2.75, 3.05) is 13.2 Å². The Morgan fingerprint density at radius 3 is 0.485 bits per heavy atom. The molecular formula is C45H92O23. The number of aliphatic hydroxyl groups excluding tert-OH is 1. The van der Waals surface area contributed by atoms with Gasteiger partial charge in [-0.2, -0.15) is 0 Å². The minimum Gasteiger partial charge on any atom is -0.396 e. The van der Waals surface area contributed by atoms with Crippen molar-refractivity contribution in [1.82, 2.24) is 0 Å². The van der Waals surface area contributed by atoms with Crippen LogP contribution in [0, 0.1) is 0 Å². The molecule has 0 aliphatic heterocycles. The van der Waals surface area contributed by atoms with E-state index in [4.69, 9.17) is 15.3 Å². The van der Waals surface area contributed by atoms with E-state index in [1.54, 1.807) is 0 Å². The van der Waals surface area contributed by atoms with Gasteiger partial charge in [-0.15, -0.1) is 0 Å². The summed E-state index contributed by atoms with van der Waals surface area (Å²) in [4.78, 5) is 4.74. The molecule has 0 aromatic carbocycles. The van der Waals surface area contributed by atoms with Crippen molar-refractivity contribution >= 4 is 0 Å². The van der Waals surface area contributed by atoms with Crippen LogP contribution in [-0.4, -0.2) is 23.6 Å². The molecule has 0 spiro atoms. The van der Waals surface area contributed by atoms with Crippen molar-refractivity contribution in [2.45, 2.75) is 276 Å². The second-order valence-electron chi connectivity index (χ2n) is 17.1. The smallest absolute Gasteiger partial charge is 0.0855 e. The van der Waals surface area contributed by atoms with Gasteiger partial charge in [0.05, 0.1) is 6.61 Å². The van der Waals surface area contributed by atoms with Gasteiger partial charge in [-0.05, 0) is 93.5 Å². The topological polar surface area (TPSA) is 234 Å². The lowest BCUT2D eigenvalue weighted by Gasteiger charge is -2.05. The Morgan fingerprint density at radius 2 is 0.309 bits per heavy atom. The molecule has 0 saturated heterocycles. The Hall–Kier alpha value is -0.920. The highest BCUT2D eigenvalue weighted by molar-refractivity contribution is 4.54. The molecule has 0 aromatic heterocycles. The third kappa shape index (κ3) is 65.1. The summed E-state index contributed by atoms with van der Waals surface area (Å²) in [6, 6.07) is 0. The standard InChI is InChI=1S/C45H92O23/c46-44-42-40-38-36-34-32-30-28-26-24-22-20-18-16-14-12-10-8-6-4-2-1-3-5-7-9-11-13-15-17-19-21-23-25-27-29-31-33-35-37-39-41-43-45-48-50-52-54-56-58-60-62-64-66-68-67-65-63-61-59-57-55-53-51-49-47/h46-47H,1-45H2. The fourth-order valence-corrected chi connectivity index (χ4v) is 7.78. The first-order chi connectivity index (χ1) is 33.9. The zero-order valence-corrected chi connectivity index (χ0v) is 41.3. The van der Waals surface area contributed by atoms with Crippen LogP contribution in [0.3, 0.4) is 0 Å². The molecule has 2 N–H and O–H groups in total. The van der Waals surface area contributed by atoms with Crippen LogP contribution in [0.5, 0.6) is 0 Å². The lowest BCUT2D eigenvalue weighted by Crippen LogP contribution is -2.05. The summed E-state index contributed by atoms with van der Waals surface area (Å²) in [5.41, 5.74) is 0. The summed E-state index contributed by atoms with van der Waals surface area (Å²) < 4.78 is 0. The molecular weight excluding hydrogens is 908 g/mol. The molecule has 0 amide bonds. The van der Waals surface area contributed by atoms with Gasteiger partial charge in [0.2, 0.25) is 0 Å². The van der Waals surface area contributed by atoms with E-state index < -0.39 is 0 Å². The van der Waals surface area contributed by atoms with E-state index in [1.165, 1.54) is 250 Å². The van der Waals surface area contributed by atoms with Crippen LogP contribution >= 0.6 is 0 Å². The van der Waals surface area contributed by atoms with Gasteiger partial charge in [-0.1, -0.05) is 263 Å². The molecule has 0 rings (SSSR count). The second-order valence-corrected chi connectivity index (χ2v) is 17.1. The van der Waals surface area contributed by atoms with Gasteiger partial charge in [-0.3, -0.25) is 0 Å². The van der Waals surface area contributed by atoms with Gasteiger partial charge in [0.15, 0.2) is 0 Å². The van der Waals surface area contributed by atoms with Crippen molar-refractivity contribution in [3.63, 3.8) is 0 Å². The molecule has 0 aromatic rings. The monoisotopic (exact) mass is 1000 g/mol. The quantitative estimate of drug-likeness (QED) is 0.0327. The summed E-state index contributed by atoms with van der Waals surface area (Å²) in [6.07, 6.45) is 58.6. The summed E-state index contributed by atoms with van der Waals surface area (Å²) in [6.45, 7) is 0.648. The van der Waals surface area contributed by atoms with Crippen molar-refractivity contribution < 1.29 is 116 Å². The highest BCUT2D eigenvalue weighted by Gasteiger charge is 2.03. The molecule has 0 fully saturated rings. The van der Waals surface area contributed by atoms with E-state index in [1.807, 2.05) is 0 Å². The van der Waals surface area contributed by atoms with Gasteiger partial charge in [0, 0.05) is 26.8 Å². The predicted molar refractivity (Wildman–Crippen MR) is 236 cm³/mol. The second kappa shape index (κ2) is 66.1. The lowest BCUT2D eigenvalue weighted by atomic mass is 10.0. The van der Waals surface area contributed by atoms with Gasteiger partial charge in [-0.25, -0.2) is 10.1 Å². The first-order valence-electron chi connectivity index (χ1n) is 26.1. The summed E-state index contributed by atoms with van der Waals surface area (Å²) in [5, 5.41) is 89.0. The molecule has 0 heterocycles. The van der Waals surface area contributed by atoms with E-state index in [0.29, 0.717) is 6.61 Å². The zero-order valence-electron chi connectivity index (χ0n) is 41.3. The molecule has 410 valence electrons. The minimum atomic E-state index is 0.288. The van der Waals surface area contributed by atoms with E-state index in [2.05, 4.69) is 101 Å². The van der Waals surface area contributed by atoms with Crippen LogP contribution < -0.4 is 0 Å². The summed E-state index contributed by atoms with van der Waals surface area (Å²) in [7, 11) is 0. The molecule has 68 heavy (non-hydrogen) atoms. The van der Waals surface area contributed by atoms with Crippen LogP contribution in [-0.2, 0) is 106 Å². The maximum absolute atomic E-state index is 8.82. The third-order valence-electron chi connectivity index (χ3n) is 11.5. The van der Waals surface area contributed by atoms with Gasteiger partial charge in [0.25, 0.3) is 0 Å². The minimum absolute atomic E-state index is 0.288. The third-order valence-corrected chi connectivity index (χ3v) is 11.5. The highest BCUT2D eigenvalue weighted by Crippen LogP contribution is 2.18. The Balaban J connectivity index is 3.07. The van der Waals surface area contributed by atoms with Crippen molar-refractivity contribution in [1.29, 1.82) is 0 Å². The average molecular weight is 1000 g/mol. The van der Waals surface area contributed by atoms with Crippen molar-refractivity contribution in [3.8, 4) is 0 Å². The Labute approximate surface area is 404 Å². The molecule has 0 bridgehead atoms. The number of unbranched alkanes of at least 4 members (excludes halogenated alkanes) is 42. The zero-order chi connectivity index (χ0) is 48.7. The first-order valence-corrected chi connectivity index (χ1v) is 26.1. The molecule has 0 aliphatic carbocycles. The molecule has 0 radical (unpaired) electrons. The lowest BCUT2D eigenvalue weighted by molar-refractivity contribution is -0.897. The van der Waals surface area contributed by atoms with E-state index in [9.17, 15) is 0 Å². The summed E-state index contributed by atoms with van der Waals surface area (Å²) >= 11 is 0. The van der Waals surface area contributed by atoms with Crippen molar-refractivity contribution in [2.24, 2.45) is 0 Å². The number of aliphatic hydroxyl groups is 1. The normalized spacial score (nSPS) is 11.7. The van der Waals surface area contributed by atoms with Crippen LogP contribution in [0.4, 0.5) is 0 Å². The van der Waals surface area contributed by atoms with Crippen LogP contribution in [0.2, 0.25) is 0 Å². The molecule has 0 unspecified atom stereocenters. The summed E-state index contributed by atoms with van der Waals surface area (Å²) in [5.74, 6) is 0. The molecule has 0 atom stereocenters. The number of hydrogen-bond donors (Lipinski definition) is 2. The van der Waals surface area contributed by atoms with E-state index in [-0.39, 0.29) is 6.61 Å². The van der Waals surface area contributed by atoms with Crippen LogP contribution in [0.1, 0.15) is 276 Å². The number of rotatable bonds is 65. The van der Waals surface area contributed by atoms with Gasteiger partial charge in [0.1, 0.15) is 0 Å². The largest absolute Gasteiger partial charge is 0.396 e. The molecule has 23 nitrogen and oxygen atoms in total. The Morgan fingerprint density at radius 1 is 0.162 bits per heavy atom. The fraction of sp³-hybridized carbons (Fsp3) is 1.00. The molecule has 23 heteroatoms. The first kappa shape index (κ1) is 67.1. The predicted octanol–water partition coefficient (Wildman–Crippen LogP) is 14.9. The van der Waals surface area contributed by atoms with Gasteiger partial charge < -0.3 is 5.11 Å². The SMILES string of the molecule is OCCCCCCCCCCCCCCCCCCCCCCCCCCCCCCCCCCCCCCCCCCCCCOOOOOOOOOOOOOOOOOOOOOO. The van der Waals surface area contributed by atoms with E-state index in [0.717, 1.165) is 25.7 Å². The highest BCUT2D eigenvalue weighted by atomic mass is 18.0. The maximum atomic E-state index is 8.82.